The Morgan fingerprint density at radius 1 is 1.00 bits per heavy atom. The molecule has 1 aromatic heterocycles. The second-order valence-corrected chi connectivity index (χ2v) is 5.65. The van der Waals surface area contributed by atoms with E-state index in [9.17, 15) is 23.3 Å². The van der Waals surface area contributed by atoms with Crippen molar-refractivity contribution in [3.63, 3.8) is 0 Å². The van der Waals surface area contributed by atoms with Crippen LogP contribution in [-0.2, 0) is 6.61 Å². The van der Waals surface area contributed by atoms with Crippen molar-refractivity contribution in [1.29, 1.82) is 0 Å². The number of aromatic nitrogens is 1. The third-order valence-corrected chi connectivity index (χ3v) is 3.67. The van der Waals surface area contributed by atoms with Gasteiger partial charge in [0.2, 0.25) is 0 Å². The van der Waals surface area contributed by atoms with Crippen molar-refractivity contribution < 1.29 is 27.6 Å². The summed E-state index contributed by atoms with van der Waals surface area (Å²) in [4.78, 5) is 14.7. The minimum Gasteiger partial charge on any atom is -0.468 e. The van der Waals surface area contributed by atoms with E-state index in [-0.39, 0.29) is 23.9 Å². The summed E-state index contributed by atoms with van der Waals surface area (Å²) < 4.78 is 45.9. The van der Waals surface area contributed by atoms with E-state index in [4.69, 9.17) is 4.74 Å². The minimum absolute atomic E-state index is 0.109. The molecule has 9 heteroatoms. The SMILES string of the molecule is O=[N+]([O-])c1cc(-c2ccc(OC(F)(F)F)cc2)cnc1OCc1ccccc1. The predicted molar refractivity (Wildman–Crippen MR) is 93.8 cm³/mol. The molecule has 0 N–H and O–H groups in total. The van der Waals surface area contributed by atoms with Gasteiger partial charge < -0.3 is 9.47 Å². The zero-order valence-corrected chi connectivity index (χ0v) is 14.2. The maximum absolute atomic E-state index is 12.2. The van der Waals surface area contributed by atoms with Crippen LogP contribution in [-0.4, -0.2) is 16.3 Å². The van der Waals surface area contributed by atoms with E-state index in [1.165, 1.54) is 24.4 Å². The molecule has 0 saturated carbocycles. The van der Waals surface area contributed by atoms with Gasteiger partial charge in [0, 0.05) is 17.8 Å². The van der Waals surface area contributed by atoms with Crippen LogP contribution in [0, 0.1) is 10.1 Å². The Morgan fingerprint density at radius 3 is 2.29 bits per heavy atom. The Morgan fingerprint density at radius 2 is 1.68 bits per heavy atom. The molecule has 0 atom stereocenters. The number of halogens is 3. The van der Waals surface area contributed by atoms with Crippen LogP contribution >= 0.6 is 0 Å². The van der Waals surface area contributed by atoms with Crippen molar-refractivity contribution in [3.05, 3.63) is 82.5 Å². The van der Waals surface area contributed by atoms with E-state index in [1.807, 2.05) is 30.3 Å². The number of nitro groups is 1. The van der Waals surface area contributed by atoms with E-state index in [1.54, 1.807) is 0 Å². The normalized spacial score (nSPS) is 11.1. The number of nitrogens with zero attached hydrogens (tertiary/aromatic N) is 2. The monoisotopic (exact) mass is 390 g/mol. The molecule has 0 unspecified atom stereocenters. The van der Waals surface area contributed by atoms with Gasteiger partial charge in [-0.3, -0.25) is 10.1 Å². The van der Waals surface area contributed by atoms with Gasteiger partial charge in [-0.05, 0) is 23.3 Å². The molecule has 0 bridgehead atoms. The zero-order valence-electron chi connectivity index (χ0n) is 14.2. The highest BCUT2D eigenvalue weighted by molar-refractivity contribution is 5.67. The van der Waals surface area contributed by atoms with Crippen LogP contribution in [0.3, 0.4) is 0 Å². The first-order chi connectivity index (χ1) is 13.3. The topological polar surface area (TPSA) is 74.5 Å². The number of hydrogen-bond acceptors (Lipinski definition) is 5. The average Bonchev–Trinajstić information content (AvgIpc) is 2.66. The number of pyridine rings is 1. The van der Waals surface area contributed by atoms with Gasteiger partial charge in [0.25, 0.3) is 5.88 Å². The second-order valence-electron chi connectivity index (χ2n) is 5.65. The lowest BCUT2D eigenvalue weighted by atomic mass is 10.1. The predicted octanol–water partition coefficient (Wildman–Crippen LogP) is 5.13. The maximum atomic E-state index is 12.2. The van der Waals surface area contributed by atoms with Gasteiger partial charge in [-0.2, -0.15) is 0 Å². The van der Waals surface area contributed by atoms with Gasteiger partial charge in [0.1, 0.15) is 12.4 Å². The summed E-state index contributed by atoms with van der Waals surface area (Å²) in [6, 6.07) is 15.3. The van der Waals surface area contributed by atoms with Gasteiger partial charge in [0.05, 0.1) is 4.92 Å². The molecule has 3 aromatic rings. The molecular weight excluding hydrogens is 377 g/mol. The fraction of sp³-hybridized carbons (Fsp3) is 0.105. The van der Waals surface area contributed by atoms with Crippen LogP contribution in [0.5, 0.6) is 11.6 Å². The summed E-state index contributed by atoms with van der Waals surface area (Å²) in [7, 11) is 0. The summed E-state index contributed by atoms with van der Waals surface area (Å²) >= 11 is 0. The molecule has 28 heavy (non-hydrogen) atoms. The summed E-state index contributed by atoms with van der Waals surface area (Å²) in [6.45, 7) is 0.109. The van der Waals surface area contributed by atoms with Gasteiger partial charge >= 0.3 is 12.0 Å². The van der Waals surface area contributed by atoms with E-state index in [0.29, 0.717) is 11.1 Å². The summed E-state index contributed by atoms with van der Waals surface area (Å²) in [5, 5.41) is 11.4. The van der Waals surface area contributed by atoms with Gasteiger partial charge in [-0.15, -0.1) is 13.2 Å². The van der Waals surface area contributed by atoms with Crippen LogP contribution in [0.1, 0.15) is 5.56 Å². The molecule has 0 fully saturated rings. The zero-order chi connectivity index (χ0) is 20.1. The first-order valence-electron chi connectivity index (χ1n) is 7.99. The van der Waals surface area contributed by atoms with E-state index >= 15 is 0 Å². The van der Waals surface area contributed by atoms with Crippen molar-refractivity contribution in [1.82, 2.24) is 4.98 Å². The molecule has 3 rings (SSSR count). The fourth-order valence-electron chi connectivity index (χ4n) is 2.42. The smallest absolute Gasteiger partial charge is 0.468 e. The van der Waals surface area contributed by atoms with Crippen molar-refractivity contribution in [2.24, 2.45) is 0 Å². The lowest BCUT2D eigenvalue weighted by Crippen LogP contribution is -2.16. The molecule has 0 saturated heterocycles. The quantitative estimate of drug-likeness (QED) is 0.431. The molecule has 0 aliphatic carbocycles. The Balaban J connectivity index is 1.81. The van der Waals surface area contributed by atoms with Crippen molar-refractivity contribution in [2.75, 3.05) is 0 Å². The third kappa shape index (κ3) is 4.97. The van der Waals surface area contributed by atoms with Gasteiger partial charge in [-0.25, -0.2) is 4.98 Å². The fourth-order valence-corrected chi connectivity index (χ4v) is 2.42. The number of alkyl halides is 3. The van der Waals surface area contributed by atoms with Crippen LogP contribution in [0.2, 0.25) is 0 Å². The van der Waals surface area contributed by atoms with Crippen LogP contribution < -0.4 is 9.47 Å². The Labute approximate surface area is 157 Å². The van der Waals surface area contributed by atoms with E-state index < -0.39 is 11.3 Å². The number of rotatable bonds is 6. The molecular formula is C19H13F3N2O4. The first-order valence-corrected chi connectivity index (χ1v) is 7.99. The lowest BCUT2D eigenvalue weighted by molar-refractivity contribution is -0.386. The van der Waals surface area contributed by atoms with Crippen molar-refractivity contribution in [3.8, 4) is 22.8 Å². The van der Waals surface area contributed by atoms with Crippen molar-refractivity contribution in [2.45, 2.75) is 13.0 Å². The molecule has 0 aliphatic heterocycles. The molecule has 0 amide bonds. The Bertz CT molecular complexity index is 961. The Hall–Kier alpha value is -3.62. The highest BCUT2D eigenvalue weighted by atomic mass is 19.4. The first kappa shape index (κ1) is 19.2. The Kier molecular flexibility index (Phi) is 5.44. The molecule has 0 spiro atoms. The summed E-state index contributed by atoms with van der Waals surface area (Å²) in [6.07, 6.45) is -3.44. The average molecular weight is 390 g/mol. The van der Waals surface area contributed by atoms with Crippen molar-refractivity contribution >= 4 is 5.69 Å². The van der Waals surface area contributed by atoms with Gasteiger partial charge in [0.15, 0.2) is 0 Å². The summed E-state index contributed by atoms with van der Waals surface area (Å²) in [5.74, 6) is -0.531. The highest BCUT2D eigenvalue weighted by Gasteiger charge is 2.31. The molecule has 0 aliphatic rings. The second kappa shape index (κ2) is 7.95. The molecule has 2 aromatic carbocycles. The van der Waals surface area contributed by atoms with Crippen LogP contribution in [0.4, 0.5) is 18.9 Å². The maximum Gasteiger partial charge on any atom is 0.573 e. The number of ether oxygens (including phenoxy) is 2. The number of benzene rings is 2. The highest BCUT2D eigenvalue weighted by Crippen LogP contribution is 2.32. The standard InChI is InChI=1S/C19H13F3N2O4/c20-19(21,22)28-16-8-6-14(7-9-16)15-10-17(24(25)26)18(23-11-15)27-12-13-4-2-1-3-5-13/h1-11H,12H2. The lowest BCUT2D eigenvalue weighted by Gasteiger charge is -2.10. The van der Waals surface area contributed by atoms with Crippen LogP contribution in [0.15, 0.2) is 66.9 Å². The molecule has 144 valence electrons. The molecule has 0 radical (unpaired) electrons. The van der Waals surface area contributed by atoms with Crippen LogP contribution in [0.25, 0.3) is 11.1 Å². The largest absolute Gasteiger partial charge is 0.573 e. The minimum atomic E-state index is -4.79. The summed E-state index contributed by atoms with van der Waals surface area (Å²) in [5.41, 5.74) is 1.28. The number of hydrogen-bond donors (Lipinski definition) is 0. The van der Waals surface area contributed by atoms with E-state index in [2.05, 4.69) is 9.72 Å². The molecule has 1 heterocycles. The molecule has 6 nitrogen and oxygen atoms in total. The van der Waals surface area contributed by atoms with Gasteiger partial charge in [-0.1, -0.05) is 42.5 Å². The van der Waals surface area contributed by atoms with E-state index in [0.717, 1.165) is 17.7 Å². The third-order valence-electron chi connectivity index (χ3n) is 3.67.